The van der Waals surface area contributed by atoms with E-state index in [9.17, 15) is 0 Å². The first-order valence-corrected chi connectivity index (χ1v) is 10.1. The Kier molecular flexibility index (Phi) is 7.45. The molecule has 0 unspecified atom stereocenters. The van der Waals surface area contributed by atoms with E-state index in [2.05, 4.69) is 104 Å². The molecule has 0 aliphatic rings. The van der Waals surface area contributed by atoms with Crippen LogP contribution < -0.4 is 4.74 Å². The van der Waals surface area contributed by atoms with Crippen LogP contribution >= 0.6 is 0 Å². The first-order chi connectivity index (χ1) is 13.8. The van der Waals surface area contributed by atoms with Gasteiger partial charge in [-0.1, -0.05) is 86.6 Å². The zero-order valence-corrected chi connectivity index (χ0v) is 16.8. The molecule has 0 heterocycles. The maximum atomic E-state index is 5.94. The van der Waals surface area contributed by atoms with Crippen molar-refractivity contribution in [1.82, 2.24) is 4.90 Å². The van der Waals surface area contributed by atoms with Crippen molar-refractivity contribution in [3.05, 3.63) is 102 Å². The van der Waals surface area contributed by atoms with E-state index in [1.165, 1.54) is 22.3 Å². The average Bonchev–Trinajstić information content (AvgIpc) is 2.77. The molecule has 2 heteroatoms. The van der Waals surface area contributed by atoms with Crippen LogP contribution in [-0.2, 0) is 0 Å². The molecule has 2 nitrogen and oxygen atoms in total. The fourth-order valence-electron chi connectivity index (χ4n) is 3.23. The fourth-order valence-corrected chi connectivity index (χ4v) is 3.23. The van der Waals surface area contributed by atoms with Crippen LogP contribution in [0.25, 0.3) is 11.6 Å². The van der Waals surface area contributed by atoms with Gasteiger partial charge < -0.3 is 9.64 Å². The lowest BCUT2D eigenvalue weighted by atomic mass is 9.95. The van der Waals surface area contributed by atoms with Crippen LogP contribution in [0.2, 0.25) is 0 Å². The molecule has 0 aliphatic heterocycles. The van der Waals surface area contributed by atoms with Gasteiger partial charge in [0.25, 0.3) is 0 Å². The topological polar surface area (TPSA) is 12.5 Å². The Balaban J connectivity index is 1.79. The summed E-state index contributed by atoms with van der Waals surface area (Å²) in [5.41, 5.74) is 4.80. The van der Waals surface area contributed by atoms with E-state index in [-0.39, 0.29) is 0 Å². The van der Waals surface area contributed by atoms with Gasteiger partial charge in [-0.3, -0.25) is 0 Å². The number of ether oxygens (including phenoxy) is 1. The zero-order chi connectivity index (χ0) is 19.6. The van der Waals surface area contributed by atoms with Crippen LogP contribution in [-0.4, -0.2) is 31.1 Å². The molecule has 3 rings (SSSR count). The van der Waals surface area contributed by atoms with Crippen molar-refractivity contribution in [1.29, 1.82) is 0 Å². The fraction of sp³-hybridized carbons (Fsp3) is 0.231. The predicted molar refractivity (Wildman–Crippen MR) is 120 cm³/mol. The Morgan fingerprint density at radius 3 is 1.93 bits per heavy atom. The second kappa shape index (κ2) is 10.5. The molecule has 3 aromatic carbocycles. The molecule has 0 saturated carbocycles. The van der Waals surface area contributed by atoms with Gasteiger partial charge in [0.05, 0.1) is 0 Å². The van der Waals surface area contributed by atoms with E-state index in [0.717, 1.165) is 25.4 Å². The molecule has 144 valence electrons. The Bertz CT molecular complexity index is 850. The summed E-state index contributed by atoms with van der Waals surface area (Å²) in [5, 5.41) is 0. The maximum Gasteiger partial charge on any atom is 0.119 e. The molecule has 0 spiro atoms. The van der Waals surface area contributed by atoms with Crippen molar-refractivity contribution in [3.63, 3.8) is 0 Å². The minimum atomic E-state index is 0.715. The Hall–Kier alpha value is -2.84. The van der Waals surface area contributed by atoms with Crippen molar-refractivity contribution in [2.75, 3.05) is 26.2 Å². The molecule has 0 saturated heterocycles. The Labute approximate surface area is 169 Å². The van der Waals surface area contributed by atoms with Crippen LogP contribution in [0.15, 0.2) is 84.9 Å². The summed E-state index contributed by atoms with van der Waals surface area (Å²) in [6.45, 7) is 8.16. The highest BCUT2D eigenvalue weighted by molar-refractivity contribution is 5.91. The van der Waals surface area contributed by atoms with Crippen LogP contribution in [0, 0.1) is 0 Å². The van der Waals surface area contributed by atoms with Gasteiger partial charge in [0.15, 0.2) is 0 Å². The number of benzene rings is 3. The van der Waals surface area contributed by atoms with Gasteiger partial charge in [0.2, 0.25) is 0 Å². The predicted octanol–water partition coefficient (Wildman–Crippen LogP) is 6.00. The quantitative estimate of drug-likeness (QED) is 0.428. The van der Waals surface area contributed by atoms with Crippen molar-refractivity contribution < 1.29 is 4.74 Å². The summed E-state index contributed by atoms with van der Waals surface area (Å²) in [6, 6.07) is 29.4. The molecule has 0 aromatic heterocycles. The number of rotatable bonds is 9. The second-order valence-electron chi connectivity index (χ2n) is 6.73. The van der Waals surface area contributed by atoms with Crippen molar-refractivity contribution in [3.8, 4) is 5.75 Å². The summed E-state index contributed by atoms with van der Waals surface area (Å²) in [6.07, 6.45) is 2.24. The number of hydrogen-bond donors (Lipinski definition) is 0. The first-order valence-electron chi connectivity index (χ1n) is 10.1. The summed E-state index contributed by atoms with van der Waals surface area (Å²) in [5.74, 6) is 0.919. The lowest BCUT2D eigenvalue weighted by Gasteiger charge is -2.18. The lowest BCUT2D eigenvalue weighted by Crippen LogP contribution is -2.27. The minimum absolute atomic E-state index is 0.715. The van der Waals surface area contributed by atoms with Crippen LogP contribution in [0.1, 0.15) is 30.5 Å². The number of likely N-dealkylation sites (N-methyl/N-ethyl adjacent to an activating group) is 1. The highest BCUT2D eigenvalue weighted by atomic mass is 16.5. The summed E-state index contributed by atoms with van der Waals surface area (Å²) < 4.78 is 5.94. The number of hydrogen-bond acceptors (Lipinski definition) is 2. The van der Waals surface area contributed by atoms with E-state index in [4.69, 9.17) is 4.74 Å². The largest absolute Gasteiger partial charge is 0.492 e. The van der Waals surface area contributed by atoms with Crippen LogP contribution in [0.5, 0.6) is 5.75 Å². The maximum absolute atomic E-state index is 5.94. The van der Waals surface area contributed by atoms with Crippen LogP contribution in [0.3, 0.4) is 0 Å². The van der Waals surface area contributed by atoms with Crippen molar-refractivity contribution in [2.45, 2.75) is 13.8 Å². The normalized spacial score (nSPS) is 11.6. The molecule has 0 aliphatic carbocycles. The summed E-state index contributed by atoms with van der Waals surface area (Å²) in [4.78, 5) is 2.37. The summed E-state index contributed by atoms with van der Waals surface area (Å²) in [7, 11) is 0. The third-order valence-corrected chi connectivity index (χ3v) is 4.93. The van der Waals surface area contributed by atoms with E-state index < -0.39 is 0 Å². The first kappa shape index (κ1) is 19.9. The van der Waals surface area contributed by atoms with Gasteiger partial charge in [-0.25, -0.2) is 0 Å². The SMILES string of the molecule is CCN(CC)CCOc1ccc(C(=Cc2ccccc2)c2ccccc2)cc1. The standard InChI is InChI=1S/C26H29NO/c1-3-27(4-2)19-20-28-25-17-15-24(16-18-25)26(23-13-9-6-10-14-23)21-22-11-7-5-8-12-22/h5-18,21H,3-4,19-20H2,1-2H3. The molecular weight excluding hydrogens is 342 g/mol. The lowest BCUT2D eigenvalue weighted by molar-refractivity contribution is 0.223. The van der Waals surface area contributed by atoms with E-state index in [1.807, 2.05) is 6.07 Å². The van der Waals surface area contributed by atoms with E-state index >= 15 is 0 Å². The Morgan fingerprint density at radius 2 is 1.32 bits per heavy atom. The molecule has 0 atom stereocenters. The van der Waals surface area contributed by atoms with E-state index in [1.54, 1.807) is 0 Å². The summed E-state index contributed by atoms with van der Waals surface area (Å²) >= 11 is 0. The molecule has 3 aromatic rings. The smallest absolute Gasteiger partial charge is 0.119 e. The molecule has 0 N–H and O–H groups in total. The molecule has 0 amide bonds. The third-order valence-electron chi connectivity index (χ3n) is 4.93. The minimum Gasteiger partial charge on any atom is -0.492 e. The molecule has 0 fully saturated rings. The molecular formula is C26H29NO. The molecule has 28 heavy (non-hydrogen) atoms. The van der Waals surface area contributed by atoms with Gasteiger partial charge in [-0.15, -0.1) is 0 Å². The Morgan fingerprint density at radius 1 is 0.750 bits per heavy atom. The third kappa shape index (κ3) is 5.58. The van der Waals surface area contributed by atoms with Gasteiger partial charge in [-0.2, -0.15) is 0 Å². The average molecular weight is 372 g/mol. The van der Waals surface area contributed by atoms with Crippen molar-refractivity contribution in [2.24, 2.45) is 0 Å². The number of nitrogens with zero attached hydrogens (tertiary/aromatic N) is 1. The zero-order valence-electron chi connectivity index (χ0n) is 16.8. The van der Waals surface area contributed by atoms with Gasteiger partial charge in [0.1, 0.15) is 12.4 Å². The van der Waals surface area contributed by atoms with Crippen molar-refractivity contribution >= 4 is 11.6 Å². The van der Waals surface area contributed by atoms with Gasteiger partial charge in [0, 0.05) is 6.54 Å². The highest BCUT2D eigenvalue weighted by Gasteiger charge is 2.06. The monoisotopic (exact) mass is 371 g/mol. The van der Waals surface area contributed by atoms with Gasteiger partial charge >= 0.3 is 0 Å². The molecule has 0 radical (unpaired) electrons. The van der Waals surface area contributed by atoms with E-state index in [0.29, 0.717) is 6.61 Å². The molecule has 0 bridgehead atoms. The van der Waals surface area contributed by atoms with Gasteiger partial charge in [-0.05, 0) is 53.6 Å². The second-order valence-corrected chi connectivity index (χ2v) is 6.73. The highest BCUT2D eigenvalue weighted by Crippen LogP contribution is 2.27. The van der Waals surface area contributed by atoms with Crippen LogP contribution in [0.4, 0.5) is 0 Å².